The molecule has 1 aliphatic rings. The number of anilines is 1. The van der Waals surface area contributed by atoms with Gasteiger partial charge in [-0.2, -0.15) is 0 Å². The molecule has 7 nitrogen and oxygen atoms in total. The van der Waals surface area contributed by atoms with Crippen LogP contribution in [0.2, 0.25) is 0 Å². The molecule has 0 N–H and O–H groups in total. The summed E-state index contributed by atoms with van der Waals surface area (Å²) in [4.78, 5) is 4.62. The molecule has 3 heterocycles. The van der Waals surface area contributed by atoms with Crippen LogP contribution in [0.25, 0.3) is 22.4 Å². The molecule has 0 radical (unpaired) electrons. The van der Waals surface area contributed by atoms with Gasteiger partial charge in [0, 0.05) is 43.4 Å². The van der Waals surface area contributed by atoms with E-state index in [9.17, 15) is 0 Å². The lowest BCUT2D eigenvalue weighted by atomic mass is 10.1. The molecule has 7 heteroatoms. The number of benzene rings is 1. The average Bonchev–Trinajstić information content (AvgIpc) is 3.10. The second-order valence-corrected chi connectivity index (χ2v) is 6.06. The number of aryl methyl sites for hydroxylation is 1. The predicted octanol–water partition coefficient (Wildman–Crippen LogP) is 1.99. The van der Waals surface area contributed by atoms with Gasteiger partial charge < -0.3 is 14.2 Å². The highest BCUT2D eigenvalue weighted by molar-refractivity contribution is 5.99. The SMILES string of the molecule is CCc1nnc(-c2nnc(N3CCN(C)CC3)c3ccccc23)o1. The van der Waals surface area contributed by atoms with Gasteiger partial charge in [0.1, 0.15) is 0 Å². The summed E-state index contributed by atoms with van der Waals surface area (Å²) < 4.78 is 5.68. The fraction of sp³-hybridized carbons (Fsp3) is 0.412. The molecule has 4 rings (SSSR count). The molecule has 1 aromatic carbocycles. The van der Waals surface area contributed by atoms with E-state index in [0.717, 1.165) is 42.8 Å². The second kappa shape index (κ2) is 6.16. The van der Waals surface area contributed by atoms with Gasteiger partial charge in [-0.15, -0.1) is 20.4 Å². The number of likely N-dealkylation sites (N-methyl/N-ethyl adjacent to an activating group) is 1. The zero-order valence-corrected chi connectivity index (χ0v) is 13.9. The number of piperazine rings is 1. The highest BCUT2D eigenvalue weighted by atomic mass is 16.4. The summed E-state index contributed by atoms with van der Waals surface area (Å²) in [7, 11) is 2.14. The Morgan fingerprint density at radius 2 is 1.71 bits per heavy atom. The van der Waals surface area contributed by atoms with E-state index in [1.807, 2.05) is 25.1 Å². The number of rotatable bonds is 3. The van der Waals surface area contributed by atoms with Crippen molar-refractivity contribution in [2.75, 3.05) is 38.1 Å². The zero-order valence-electron chi connectivity index (χ0n) is 13.9. The van der Waals surface area contributed by atoms with Crippen molar-refractivity contribution in [2.45, 2.75) is 13.3 Å². The summed E-state index contributed by atoms with van der Waals surface area (Å²) in [5.74, 6) is 1.97. The van der Waals surface area contributed by atoms with Crippen LogP contribution < -0.4 is 4.90 Å². The normalized spacial score (nSPS) is 16.0. The minimum atomic E-state index is 0.431. The van der Waals surface area contributed by atoms with Gasteiger partial charge in [0.25, 0.3) is 5.89 Å². The van der Waals surface area contributed by atoms with Crippen LogP contribution in [0.4, 0.5) is 5.82 Å². The molecule has 24 heavy (non-hydrogen) atoms. The smallest absolute Gasteiger partial charge is 0.268 e. The molecule has 3 aromatic rings. The maximum absolute atomic E-state index is 5.68. The van der Waals surface area contributed by atoms with Gasteiger partial charge in [-0.1, -0.05) is 31.2 Å². The third-order valence-electron chi connectivity index (χ3n) is 4.44. The Hall–Kier alpha value is -2.54. The lowest BCUT2D eigenvalue weighted by molar-refractivity contribution is 0.312. The molecule has 1 aliphatic heterocycles. The van der Waals surface area contributed by atoms with Crippen LogP contribution >= 0.6 is 0 Å². The Bertz CT molecular complexity index is 853. The van der Waals surface area contributed by atoms with E-state index >= 15 is 0 Å². The fourth-order valence-electron chi connectivity index (χ4n) is 2.99. The van der Waals surface area contributed by atoms with Gasteiger partial charge in [0.2, 0.25) is 5.89 Å². The molecular weight excluding hydrogens is 304 g/mol. The standard InChI is InChI=1S/C17H20N6O/c1-3-14-18-21-17(24-14)15-12-6-4-5-7-13(12)16(20-19-15)23-10-8-22(2)9-11-23/h4-7H,3,8-11H2,1-2H3. The van der Waals surface area contributed by atoms with Crippen LogP contribution in [0, 0.1) is 0 Å². The van der Waals surface area contributed by atoms with Crippen molar-refractivity contribution in [3.05, 3.63) is 30.2 Å². The molecule has 0 amide bonds. The maximum atomic E-state index is 5.68. The molecule has 0 unspecified atom stereocenters. The minimum Gasteiger partial charge on any atom is -0.419 e. The third kappa shape index (κ3) is 2.60. The predicted molar refractivity (Wildman–Crippen MR) is 91.9 cm³/mol. The van der Waals surface area contributed by atoms with Crippen molar-refractivity contribution >= 4 is 16.6 Å². The largest absolute Gasteiger partial charge is 0.419 e. The summed E-state index contributed by atoms with van der Waals surface area (Å²) >= 11 is 0. The van der Waals surface area contributed by atoms with Crippen LogP contribution in [0.1, 0.15) is 12.8 Å². The van der Waals surface area contributed by atoms with Gasteiger partial charge in [-0.05, 0) is 7.05 Å². The fourth-order valence-corrected chi connectivity index (χ4v) is 2.99. The van der Waals surface area contributed by atoms with Crippen molar-refractivity contribution in [1.82, 2.24) is 25.3 Å². The van der Waals surface area contributed by atoms with Gasteiger partial charge in [-0.25, -0.2) is 0 Å². The van der Waals surface area contributed by atoms with Crippen LogP contribution in [0.5, 0.6) is 0 Å². The Balaban J connectivity index is 1.80. The maximum Gasteiger partial charge on any atom is 0.268 e. The van der Waals surface area contributed by atoms with Gasteiger partial charge >= 0.3 is 0 Å². The van der Waals surface area contributed by atoms with E-state index in [1.165, 1.54) is 0 Å². The first-order valence-corrected chi connectivity index (χ1v) is 8.28. The number of nitrogens with zero attached hydrogens (tertiary/aromatic N) is 6. The van der Waals surface area contributed by atoms with Crippen LogP contribution in [0.15, 0.2) is 28.7 Å². The van der Waals surface area contributed by atoms with E-state index in [2.05, 4.69) is 43.3 Å². The molecule has 0 atom stereocenters. The molecule has 0 aliphatic carbocycles. The molecule has 1 fully saturated rings. The summed E-state index contributed by atoms with van der Waals surface area (Å²) in [5, 5.41) is 19.1. The Labute approximate surface area is 140 Å². The lowest BCUT2D eigenvalue weighted by Crippen LogP contribution is -2.45. The molecule has 0 spiro atoms. The van der Waals surface area contributed by atoms with Gasteiger partial charge in [-0.3, -0.25) is 0 Å². The first-order valence-electron chi connectivity index (χ1n) is 8.28. The van der Waals surface area contributed by atoms with Crippen molar-refractivity contribution in [2.24, 2.45) is 0 Å². The van der Waals surface area contributed by atoms with E-state index in [0.29, 0.717) is 23.9 Å². The number of hydrogen-bond donors (Lipinski definition) is 0. The van der Waals surface area contributed by atoms with Gasteiger partial charge in [0.15, 0.2) is 11.5 Å². The van der Waals surface area contributed by atoms with E-state index < -0.39 is 0 Å². The molecule has 0 saturated carbocycles. The molecule has 0 bridgehead atoms. The number of aromatic nitrogens is 4. The molecule has 1 saturated heterocycles. The number of hydrogen-bond acceptors (Lipinski definition) is 7. The van der Waals surface area contributed by atoms with Crippen LogP contribution in [-0.2, 0) is 6.42 Å². The molecular formula is C17H20N6O. The first kappa shape index (κ1) is 15.0. The molecule has 124 valence electrons. The first-order chi connectivity index (χ1) is 11.8. The van der Waals surface area contributed by atoms with Crippen molar-refractivity contribution in [1.29, 1.82) is 0 Å². The Morgan fingerprint density at radius 3 is 2.42 bits per heavy atom. The van der Waals surface area contributed by atoms with E-state index in [-0.39, 0.29) is 0 Å². The Kier molecular flexibility index (Phi) is 3.86. The second-order valence-electron chi connectivity index (χ2n) is 6.06. The lowest BCUT2D eigenvalue weighted by Gasteiger charge is -2.33. The average molecular weight is 324 g/mol. The van der Waals surface area contributed by atoms with Crippen molar-refractivity contribution < 1.29 is 4.42 Å². The highest BCUT2D eigenvalue weighted by Gasteiger charge is 2.21. The summed E-state index contributed by atoms with van der Waals surface area (Å²) in [6, 6.07) is 8.14. The summed E-state index contributed by atoms with van der Waals surface area (Å²) in [6.07, 6.45) is 0.706. The molecule has 2 aromatic heterocycles. The summed E-state index contributed by atoms with van der Waals surface area (Å²) in [6.45, 7) is 5.95. The Morgan fingerprint density at radius 1 is 0.958 bits per heavy atom. The summed E-state index contributed by atoms with van der Waals surface area (Å²) in [5.41, 5.74) is 0.649. The zero-order chi connectivity index (χ0) is 16.5. The van der Waals surface area contributed by atoms with Crippen molar-refractivity contribution in [3.8, 4) is 11.6 Å². The van der Waals surface area contributed by atoms with Crippen LogP contribution in [-0.4, -0.2) is 58.5 Å². The quantitative estimate of drug-likeness (QED) is 0.729. The van der Waals surface area contributed by atoms with E-state index in [4.69, 9.17) is 4.42 Å². The third-order valence-corrected chi connectivity index (χ3v) is 4.44. The minimum absolute atomic E-state index is 0.431. The highest BCUT2D eigenvalue weighted by Crippen LogP contribution is 2.31. The topological polar surface area (TPSA) is 71.2 Å². The number of fused-ring (bicyclic) bond motifs is 1. The monoisotopic (exact) mass is 324 g/mol. The van der Waals surface area contributed by atoms with E-state index in [1.54, 1.807) is 0 Å². The van der Waals surface area contributed by atoms with Crippen LogP contribution in [0.3, 0.4) is 0 Å². The van der Waals surface area contributed by atoms with Crippen molar-refractivity contribution in [3.63, 3.8) is 0 Å². The van der Waals surface area contributed by atoms with Gasteiger partial charge in [0.05, 0.1) is 0 Å².